The van der Waals surface area contributed by atoms with Gasteiger partial charge in [-0.3, -0.25) is 9.58 Å². The molecule has 1 aromatic rings. The first kappa shape index (κ1) is 14.5. The molecule has 1 aromatic heterocycles. The molecule has 0 aliphatic heterocycles. The topological polar surface area (TPSA) is 47.1 Å². The van der Waals surface area contributed by atoms with Crippen LogP contribution in [0.3, 0.4) is 0 Å². The first-order valence-electron chi connectivity index (χ1n) is 7.61. The third-order valence-corrected chi connectivity index (χ3v) is 4.67. The summed E-state index contributed by atoms with van der Waals surface area (Å²) in [5.74, 6) is 0.772. The predicted molar refractivity (Wildman–Crippen MR) is 78.9 cm³/mol. The second-order valence-electron chi connectivity index (χ2n) is 5.88. The first-order chi connectivity index (χ1) is 9.17. The lowest BCUT2D eigenvalue weighted by Gasteiger charge is -2.40. The molecule has 1 heterocycles. The van der Waals surface area contributed by atoms with Crippen LogP contribution >= 0.6 is 0 Å². The summed E-state index contributed by atoms with van der Waals surface area (Å²) in [6.45, 7) is 6.07. The Morgan fingerprint density at radius 2 is 2.21 bits per heavy atom. The molecule has 1 fully saturated rings. The summed E-state index contributed by atoms with van der Waals surface area (Å²) in [4.78, 5) is 2.49. The number of hydrogen-bond donors (Lipinski definition) is 1. The van der Waals surface area contributed by atoms with Crippen molar-refractivity contribution < 1.29 is 0 Å². The van der Waals surface area contributed by atoms with Crippen LogP contribution in [0.25, 0.3) is 0 Å². The molecular weight excluding hydrogens is 236 g/mol. The molecule has 1 aliphatic carbocycles. The molecule has 3 unspecified atom stereocenters. The van der Waals surface area contributed by atoms with E-state index in [2.05, 4.69) is 37.1 Å². The Morgan fingerprint density at radius 1 is 1.47 bits per heavy atom. The van der Waals surface area contributed by atoms with Crippen LogP contribution in [-0.4, -0.2) is 34.3 Å². The highest BCUT2D eigenvalue weighted by Crippen LogP contribution is 2.32. The SMILES string of the molecule is CCn1cc(C(CN)N(C)C2CCCCC2C)cn1. The van der Waals surface area contributed by atoms with Crippen molar-refractivity contribution in [1.29, 1.82) is 0 Å². The molecule has 108 valence electrons. The molecule has 0 bridgehead atoms. The normalized spacial score (nSPS) is 25.7. The number of aryl methyl sites for hydroxylation is 1. The smallest absolute Gasteiger partial charge is 0.0538 e. The molecular formula is C15H28N4. The average molecular weight is 264 g/mol. The largest absolute Gasteiger partial charge is 0.329 e. The molecule has 0 spiro atoms. The van der Waals surface area contributed by atoms with Gasteiger partial charge in [-0.15, -0.1) is 0 Å². The standard InChI is InChI=1S/C15H28N4/c1-4-19-11-13(10-17-19)15(9-16)18(3)14-8-6-5-7-12(14)2/h10-12,14-15H,4-9,16H2,1-3H3. The molecule has 0 radical (unpaired) electrons. The van der Waals surface area contributed by atoms with E-state index in [1.807, 2.05) is 10.9 Å². The highest BCUT2D eigenvalue weighted by atomic mass is 15.3. The van der Waals surface area contributed by atoms with Crippen LogP contribution in [-0.2, 0) is 6.54 Å². The van der Waals surface area contributed by atoms with E-state index in [1.165, 1.54) is 31.2 Å². The molecule has 1 aliphatic rings. The Balaban J connectivity index is 2.11. The van der Waals surface area contributed by atoms with E-state index in [0.717, 1.165) is 12.5 Å². The van der Waals surface area contributed by atoms with E-state index in [1.54, 1.807) is 0 Å². The van der Waals surface area contributed by atoms with Crippen molar-refractivity contribution in [3.05, 3.63) is 18.0 Å². The van der Waals surface area contributed by atoms with Crippen LogP contribution in [0.15, 0.2) is 12.4 Å². The van der Waals surface area contributed by atoms with Crippen molar-refractivity contribution in [2.75, 3.05) is 13.6 Å². The van der Waals surface area contributed by atoms with E-state index in [9.17, 15) is 0 Å². The third kappa shape index (κ3) is 3.18. The fourth-order valence-corrected chi connectivity index (χ4v) is 3.39. The van der Waals surface area contributed by atoms with Crippen molar-refractivity contribution in [2.24, 2.45) is 11.7 Å². The van der Waals surface area contributed by atoms with Crippen molar-refractivity contribution in [3.8, 4) is 0 Å². The molecule has 2 N–H and O–H groups in total. The summed E-state index contributed by atoms with van der Waals surface area (Å²) in [6, 6.07) is 0.957. The van der Waals surface area contributed by atoms with Crippen LogP contribution in [0.5, 0.6) is 0 Å². The zero-order valence-corrected chi connectivity index (χ0v) is 12.5. The fraction of sp³-hybridized carbons (Fsp3) is 0.800. The summed E-state index contributed by atoms with van der Waals surface area (Å²) < 4.78 is 1.98. The van der Waals surface area contributed by atoms with Gasteiger partial charge in [0.25, 0.3) is 0 Å². The fourth-order valence-electron chi connectivity index (χ4n) is 3.39. The molecule has 2 rings (SSSR count). The number of nitrogens with zero attached hydrogens (tertiary/aromatic N) is 3. The van der Waals surface area contributed by atoms with Gasteiger partial charge in [-0.05, 0) is 32.7 Å². The van der Waals surface area contributed by atoms with Gasteiger partial charge >= 0.3 is 0 Å². The predicted octanol–water partition coefficient (Wildman–Crippen LogP) is 2.41. The van der Waals surface area contributed by atoms with Gasteiger partial charge in [0, 0.05) is 30.9 Å². The van der Waals surface area contributed by atoms with Crippen LogP contribution in [0, 0.1) is 5.92 Å². The molecule has 3 atom stereocenters. The molecule has 1 saturated carbocycles. The summed E-state index contributed by atoms with van der Waals surface area (Å²) in [5.41, 5.74) is 7.28. The van der Waals surface area contributed by atoms with Gasteiger partial charge in [0.2, 0.25) is 0 Å². The van der Waals surface area contributed by atoms with Gasteiger partial charge in [0.1, 0.15) is 0 Å². The lowest BCUT2D eigenvalue weighted by molar-refractivity contribution is 0.0992. The minimum Gasteiger partial charge on any atom is -0.329 e. The zero-order chi connectivity index (χ0) is 13.8. The summed E-state index contributed by atoms with van der Waals surface area (Å²) in [7, 11) is 2.23. The van der Waals surface area contributed by atoms with Crippen molar-refractivity contribution in [2.45, 2.75) is 58.2 Å². The summed E-state index contributed by atoms with van der Waals surface area (Å²) in [5, 5.41) is 4.38. The number of rotatable bonds is 5. The van der Waals surface area contributed by atoms with Gasteiger partial charge < -0.3 is 5.73 Å². The highest BCUT2D eigenvalue weighted by molar-refractivity contribution is 5.12. The monoisotopic (exact) mass is 264 g/mol. The molecule has 4 nitrogen and oxygen atoms in total. The number of likely N-dealkylation sites (N-methyl/N-ethyl adjacent to an activating group) is 1. The zero-order valence-electron chi connectivity index (χ0n) is 12.5. The Kier molecular flexibility index (Phi) is 4.99. The molecule has 19 heavy (non-hydrogen) atoms. The lowest BCUT2D eigenvalue weighted by atomic mass is 9.84. The quantitative estimate of drug-likeness (QED) is 0.888. The average Bonchev–Trinajstić information content (AvgIpc) is 2.88. The number of aromatic nitrogens is 2. The molecule has 0 amide bonds. The molecule has 4 heteroatoms. The Morgan fingerprint density at radius 3 is 2.79 bits per heavy atom. The highest BCUT2D eigenvalue weighted by Gasteiger charge is 2.29. The summed E-state index contributed by atoms with van der Waals surface area (Å²) >= 11 is 0. The maximum Gasteiger partial charge on any atom is 0.0538 e. The van der Waals surface area contributed by atoms with E-state index in [0.29, 0.717) is 18.6 Å². The van der Waals surface area contributed by atoms with E-state index in [-0.39, 0.29) is 0 Å². The lowest BCUT2D eigenvalue weighted by Crippen LogP contribution is -2.43. The van der Waals surface area contributed by atoms with Gasteiger partial charge in [-0.2, -0.15) is 5.10 Å². The second kappa shape index (κ2) is 6.53. The minimum absolute atomic E-state index is 0.297. The van der Waals surface area contributed by atoms with E-state index in [4.69, 9.17) is 5.73 Å². The van der Waals surface area contributed by atoms with Crippen LogP contribution < -0.4 is 5.73 Å². The maximum absolute atomic E-state index is 6.03. The van der Waals surface area contributed by atoms with Gasteiger partial charge in [-0.1, -0.05) is 19.8 Å². The van der Waals surface area contributed by atoms with Crippen molar-refractivity contribution in [1.82, 2.24) is 14.7 Å². The van der Waals surface area contributed by atoms with Crippen LogP contribution in [0.2, 0.25) is 0 Å². The first-order valence-corrected chi connectivity index (χ1v) is 7.61. The van der Waals surface area contributed by atoms with E-state index >= 15 is 0 Å². The number of hydrogen-bond acceptors (Lipinski definition) is 3. The minimum atomic E-state index is 0.297. The van der Waals surface area contributed by atoms with Crippen molar-refractivity contribution in [3.63, 3.8) is 0 Å². The second-order valence-corrected chi connectivity index (χ2v) is 5.88. The Bertz CT molecular complexity index is 387. The maximum atomic E-state index is 6.03. The van der Waals surface area contributed by atoms with Crippen LogP contribution in [0.4, 0.5) is 0 Å². The van der Waals surface area contributed by atoms with Crippen molar-refractivity contribution >= 4 is 0 Å². The van der Waals surface area contributed by atoms with E-state index < -0.39 is 0 Å². The summed E-state index contributed by atoms with van der Waals surface area (Å²) in [6.07, 6.45) is 9.50. The Labute approximate surface area is 117 Å². The molecule has 0 aromatic carbocycles. The third-order valence-electron chi connectivity index (χ3n) is 4.67. The van der Waals surface area contributed by atoms with Gasteiger partial charge in [0.05, 0.1) is 12.2 Å². The van der Waals surface area contributed by atoms with Gasteiger partial charge in [0.15, 0.2) is 0 Å². The Hall–Kier alpha value is -0.870. The molecule has 0 saturated heterocycles. The van der Waals surface area contributed by atoms with Crippen LogP contribution in [0.1, 0.15) is 51.1 Å². The van der Waals surface area contributed by atoms with Gasteiger partial charge in [-0.25, -0.2) is 0 Å². The number of nitrogens with two attached hydrogens (primary N) is 1.